The summed E-state index contributed by atoms with van der Waals surface area (Å²) in [6.45, 7) is 7.32. The van der Waals surface area contributed by atoms with E-state index in [4.69, 9.17) is 0 Å². The van der Waals surface area contributed by atoms with Gasteiger partial charge in [-0.15, -0.1) is 0 Å². The van der Waals surface area contributed by atoms with Gasteiger partial charge >= 0.3 is 0 Å². The van der Waals surface area contributed by atoms with E-state index in [-0.39, 0.29) is 23.9 Å². The van der Waals surface area contributed by atoms with E-state index in [2.05, 4.69) is 12.0 Å². The summed E-state index contributed by atoms with van der Waals surface area (Å²) in [5, 5.41) is 4.53. The fraction of sp³-hybridized carbons (Fsp3) is 0.737. The van der Waals surface area contributed by atoms with Crippen molar-refractivity contribution < 1.29 is 9.59 Å². The van der Waals surface area contributed by atoms with Crippen LogP contribution in [0.5, 0.6) is 0 Å². The summed E-state index contributed by atoms with van der Waals surface area (Å²) < 4.78 is 1.91. The monoisotopic (exact) mass is 346 g/mol. The van der Waals surface area contributed by atoms with E-state index >= 15 is 0 Å². The van der Waals surface area contributed by atoms with Crippen LogP contribution in [-0.4, -0.2) is 50.5 Å². The summed E-state index contributed by atoms with van der Waals surface area (Å²) in [7, 11) is 1.96. The Kier molecular flexibility index (Phi) is 5.16. The molecule has 0 aromatic carbocycles. The van der Waals surface area contributed by atoms with Crippen LogP contribution in [0.2, 0.25) is 0 Å². The van der Waals surface area contributed by atoms with Gasteiger partial charge in [0.1, 0.15) is 0 Å². The summed E-state index contributed by atoms with van der Waals surface area (Å²) >= 11 is 0. The van der Waals surface area contributed by atoms with Gasteiger partial charge in [-0.3, -0.25) is 14.3 Å². The van der Waals surface area contributed by atoms with Gasteiger partial charge in [0.2, 0.25) is 11.8 Å². The van der Waals surface area contributed by atoms with Crippen molar-refractivity contribution in [2.75, 3.05) is 13.1 Å². The third kappa shape index (κ3) is 3.44. The molecule has 0 N–H and O–H groups in total. The van der Waals surface area contributed by atoms with Crippen molar-refractivity contribution in [1.29, 1.82) is 0 Å². The molecule has 1 aromatic rings. The molecule has 2 saturated heterocycles. The van der Waals surface area contributed by atoms with Gasteiger partial charge in [0, 0.05) is 50.8 Å². The molecule has 0 spiro atoms. The summed E-state index contributed by atoms with van der Waals surface area (Å²) in [4.78, 5) is 28.9. The minimum Gasteiger partial charge on any atom is -0.339 e. The second kappa shape index (κ2) is 7.18. The van der Waals surface area contributed by atoms with Crippen LogP contribution in [0.3, 0.4) is 0 Å². The average molecular weight is 346 g/mol. The SMILES string of the molecule is CC(=O)N1CCCC[C@@H]1CC(=O)N1CCC[C@H]1c1c(C)nn(C)c1C. The van der Waals surface area contributed by atoms with E-state index in [1.54, 1.807) is 6.92 Å². The Bertz CT molecular complexity index is 667. The summed E-state index contributed by atoms with van der Waals surface area (Å²) in [6.07, 6.45) is 5.57. The maximum absolute atomic E-state index is 13.1. The third-order valence-electron chi connectivity index (χ3n) is 5.91. The van der Waals surface area contributed by atoms with Crippen LogP contribution in [0.4, 0.5) is 0 Å². The highest BCUT2D eigenvalue weighted by atomic mass is 16.2. The van der Waals surface area contributed by atoms with Crippen LogP contribution in [-0.2, 0) is 16.6 Å². The Morgan fingerprint density at radius 1 is 1.08 bits per heavy atom. The number of carbonyl (C=O) groups is 2. The molecule has 0 saturated carbocycles. The zero-order chi connectivity index (χ0) is 18.1. The second-order valence-electron chi connectivity index (χ2n) is 7.52. The van der Waals surface area contributed by atoms with Crippen molar-refractivity contribution in [3.8, 4) is 0 Å². The number of amides is 2. The van der Waals surface area contributed by atoms with Gasteiger partial charge in [0.25, 0.3) is 0 Å². The number of piperidine rings is 1. The summed E-state index contributed by atoms with van der Waals surface area (Å²) in [6, 6.07) is 0.201. The zero-order valence-corrected chi connectivity index (χ0v) is 15.9. The molecule has 2 aliphatic rings. The number of hydrogen-bond donors (Lipinski definition) is 0. The van der Waals surface area contributed by atoms with Gasteiger partial charge in [0.05, 0.1) is 11.7 Å². The van der Waals surface area contributed by atoms with E-state index in [0.29, 0.717) is 6.42 Å². The number of likely N-dealkylation sites (tertiary alicyclic amines) is 2. The first-order chi connectivity index (χ1) is 11.9. The molecule has 0 aliphatic carbocycles. The topological polar surface area (TPSA) is 58.4 Å². The number of nitrogens with zero attached hydrogens (tertiary/aromatic N) is 4. The molecular formula is C19H30N4O2. The normalized spacial score (nSPS) is 24.0. The first-order valence-electron chi connectivity index (χ1n) is 9.47. The van der Waals surface area contributed by atoms with Gasteiger partial charge in [-0.2, -0.15) is 5.10 Å². The minimum atomic E-state index is 0.0658. The number of hydrogen-bond acceptors (Lipinski definition) is 3. The molecule has 0 bridgehead atoms. The number of aromatic nitrogens is 2. The van der Waals surface area contributed by atoms with E-state index in [1.165, 1.54) is 5.56 Å². The van der Waals surface area contributed by atoms with Crippen LogP contribution in [0, 0.1) is 13.8 Å². The van der Waals surface area contributed by atoms with E-state index < -0.39 is 0 Å². The maximum atomic E-state index is 13.1. The Morgan fingerprint density at radius 2 is 1.80 bits per heavy atom. The Morgan fingerprint density at radius 3 is 2.44 bits per heavy atom. The van der Waals surface area contributed by atoms with Crippen molar-refractivity contribution >= 4 is 11.8 Å². The number of rotatable bonds is 3. The van der Waals surface area contributed by atoms with Crippen LogP contribution in [0.25, 0.3) is 0 Å². The largest absolute Gasteiger partial charge is 0.339 e. The Balaban J connectivity index is 1.75. The summed E-state index contributed by atoms with van der Waals surface area (Å²) in [5.74, 6) is 0.276. The average Bonchev–Trinajstić information content (AvgIpc) is 3.12. The molecule has 6 heteroatoms. The highest BCUT2D eigenvalue weighted by molar-refractivity contribution is 5.79. The molecule has 138 valence electrons. The van der Waals surface area contributed by atoms with Crippen molar-refractivity contribution in [3.63, 3.8) is 0 Å². The van der Waals surface area contributed by atoms with Crippen LogP contribution in [0.1, 0.15) is 68.4 Å². The predicted octanol–water partition coefficient (Wildman–Crippen LogP) is 2.49. The minimum absolute atomic E-state index is 0.0658. The highest BCUT2D eigenvalue weighted by Crippen LogP contribution is 2.36. The Labute approximate surface area is 150 Å². The molecule has 2 fully saturated rings. The summed E-state index contributed by atoms with van der Waals surface area (Å²) in [5.41, 5.74) is 3.37. The lowest BCUT2D eigenvalue weighted by molar-refractivity contribution is -0.137. The fourth-order valence-electron chi connectivity index (χ4n) is 4.58. The standard InChI is InChI=1S/C19H30N4O2/c1-13-19(14(2)21(4)20-13)17-9-7-11-23(17)18(25)12-16-8-5-6-10-22(16)15(3)24/h16-17H,5-12H2,1-4H3/t16-,17+/m1/s1. The van der Waals surface area contributed by atoms with Gasteiger partial charge in [-0.1, -0.05) is 0 Å². The van der Waals surface area contributed by atoms with Crippen molar-refractivity contribution in [1.82, 2.24) is 19.6 Å². The molecule has 25 heavy (non-hydrogen) atoms. The molecule has 1 aromatic heterocycles. The zero-order valence-electron chi connectivity index (χ0n) is 15.9. The molecule has 3 rings (SSSR count). The van der Waals surface area contributed by atoms with Gasteiger partial charge < -0.3 is 9.80 Å². The van der Waals surface area contributed by atoms with Crippen molar-refractivity contribution in [2.24, 2.45) is 7.05 Å². The quantitative estimate of drug-likeness (QED) is 0.845. The Hall–Kier alpha value is -1.85. The van der Waals surface area contributed by atoms with Crippen LogP contribution in [0.15, 0.2) is 0 Å². The molecule has 6 nitrogen and oxygen atoms in total. The molecule has 0 unspecified atom stereocenters. The molecule has 2 aliphatic heterocycles. The number of aryl methyl sites for hydroxylation is 2. The van der Waals surface area contributed by atoms with E-state index in [0.717, 1.165) is 56.6 Å². The van der Waals surface area contributed by atoms with Crippen LogP contribution < -0.4 is 0 Å². The first kappa shape index (κ1) is 18.0. The van der Waals surface area contributed by atoms with E-state index in [9.17, 15) is 9.59 Å². The molecule has 3 heterocycles. The molecule has 2 amide bonds. The second-order valence-corrected chi connectivity index (χ2v) is 7.52. The van der Waals surface area contributed by atoms with Crippen molar-refractivity contribution in [2.45, 2.75) is 71.4 Å². The predicted molar refractivity (Wildman–Crippen MR) is 96.0 cm³/mol. The first-order valence-corrected chi connectivity index (χ1v) is 9.47. The third-order valence-corrected chi connectivity index (χ3v) is 5.91. The van der Waals surface area contributed by atoms with Gasteiger partial charge in [0.15, 0.2) is 0 Å². The highest BCUT2D eigenvalue weighted by Gasteiger charge is 2.35. The van der Waals surface area contributed by atoms with Crippen LogP contribution >= 0.6 is 0 Å². The van der Waals surface area contributed by atoms with E-state index in [1.807, 2.05) is 28.5 Å². The van der Waals surface area contributed by atoms with Crippen molar-refractivity contribution in [3.05, 3.63) is 17.0 Å². The molecular weight excluding hydrogens is 316 g/mol. The molecule has 2 atom stereocenters. The maximum Gasteiger partial charge on any atom is 0.225 e. The lowest BCUT2D eigenvalue weighted by Gasteiger charge is -2.36. The number of carbonyl (C=O) groups excluding carboxylic acids is 2. The fourth-order valence-corrected chi connectivity index (χ4v) is 4.58. The van der Waals surface area contributed by atoms with Gasteiger partial charge in [-0.25, -0.2) is 0 Å². The van der Waals surface area contributed by atoms with Gasteiger partial charge in [-0.05, 0) is 46.0 Å². The lowest BCUT2D eigenvalue weighted by atomic mass is 9.97. The molecule has 0 radical (unpaired) electrons. The smallest absolute Gasteiger partial charge is 0.225 e. The lowest BCUT2D eigenvalue weighted by Crippen LogP contribution is -2.45.